The molecule has 0 aliphatic rings. The molecule has 8 heteroatoms. The van der Waals surface area contributed by atoms with Gasteiger partial charge in [0.25, 0.3) is 0 Å². The first-order valence-electron chi connectivity index (χ1n) is 10.1. The number of benzene rings is 2. The van der Waals surface area contributed by atoms with E-state index in [9.17, 15) is 0 Å². The zero-order valence-electron chi connectivity index (χ0n) is 17.3. The number of nitrogens with zero attached hydrogens (tertiary/aromatic N) is 6. The lowest BCUT2D eigenvalue weighted by Gasteiger charge is -2.12. The number of hydrogen-bond acceptors (Lipinski definition) is 6. The molecule has 0 spiro atoms. The highest BCUT2D eigenvalue weighted by atomic mass is 15.2. The van der Waals surface area contributed by atoms with Crippen LogP contribution >= 0.6 is 0 Å². The van der Waals surface area contributed by atoms with Crippen molar-refractivity contribution in [1.82, 2.24) is 29.1 Å². The average Bonchev–Trinajstić information content (AvgIpc) is 3.45. The van der Waals surface area contributed by atoms with Gasteiger partial charge in [-0.05, 0) is 50.2 Å². The van der Waals surface area contributed by atoms with Crippen LogP contribution in [-0.2, 0) is 0 Å². The molecular formula is C23H22N8. The molecule has 0 unspecified atom stereocenters. The number of para-hydroxylation sites is 1. The number of hydrogen-bond donors (Lipinski definition) is 2. The summed E-state index contributed by atoms with van der Waals surface area (Å²) in [6.07, 6.45) is 7.25. The van der Waals surface area contributed by atoms with Gasteiger partial charge in [-0.25, -0.2) is 9.97 Å². The summed E-state index contributed by atoms with van der Waals surface area (Å²) < 4.78 is 4.00. The topological polar surface area (TPSA) is 85.5 Å². The normalized spacial score (nSPS) is 11.2. The third-order valence-electron chi connectivity index (χ3n) is 4.94. The molecule has 2 N–H and O–H groups in total. The largest absolute Gasteiger partial charge is 0.338 e. The van der Waals surface area contributed by atoms with Gasteiger partial charge in [-0.15, -0.1) is 0 Å². The molecule has 0 radical (unpaired) electrons. The molecule has 0 saturated carbocycles. The highest BCUT2D eigenvalue weighted by Gasteiger charge is 2.15. The molecular weight excluding hydrogens is 388 g/mol. The Morgan fingerprint density at radius 2 is 1.61 bits per heavy atom. The second-order valence-electron chi connectivity index (χ2n) is 7.45. The van der Waals surface area contributed by atoms with Crippen LogP contribution in [0.15, 0.2) is 79.6 Å². The molecule has 3 aromatic heterocycles. The second kappa shape index (κ2) is 7.91. The van der Waals surface area contributed by atoms with Gasteiger partial charge < -0.3 is 19.8 Å². The molecule has 8 nitrogen and oxygen atoms in total. The van der Waals surface area contributed by atoms with Crippen LogP contribution < -0.4 is 10.6 Å². The molecule has 5 rings (SSSR count). The molecule has 0 aliphatic carbocycles. The maximum absolute atomic E-state index is 4.75. The van der Waals surface area contributed by atoms with Crippen LogP contribution in [0.4, 0.5) is 23.1 Å². The van der Waals surface area contributed by atoms with Crippen LogP contribution in [0.3, 0.4) is 0 Å². The number of fused-ring (bicyclic) bond motifs is 1. The molecule has 31 heavy (non-hydrogen) atoms. The third-order valence-corrected chi connectivity index (χ3v) is 4.94. The van der Waals surface area contributed by atoms with Crippen LogP contribution in [-0.4, -0.2) is 29.1 Å². The van der Waals surface area contributed by atoms with E-state index in [0.717, 1.165) is 28.2 Å². The van der Waals surface area contributed by atoms with Crippen molar-refractivity contribution in [2.24, 2.45) is 0 Å². The lowest BCUT2D eigenvalue weighted by atomic mass is 10.3. The number of nitrogens with one attached hydrogen (secondary N) is 2. The predicted octanol–water partition coefficient (Wildman–Crippen LogP) is 5.08. The number of imidazole rings is 2. The SMILES string of the molecule is CC(C)n1cnc2c(Nc3ccccc3)nc(Nc3ccc(-n4ccnc4)cc3)nc21. The quantitative estimate of drug-likeness (QED) is 0.406. The van der Waals surface area contributed by atoms with E-state index in [1.54, 1.807) is 12.5 Å². The van der Waals surface area contributed by atoms with Crippen LogP contribution in [0, 0.1) is 0 Å². The lowest BCUT2D eigenvalue weighted by molar-refractivity contribution is 0.613. The van der Waals surface area contributed by atoms with E-state index in [2.05, 4.69) is 34.4 Å². The van der Waals surface area contributed by atoms with Crippen LogP contribution in [0.2, 0.25) is 0 Å². The third kappa shape index (κ3) is 3.83. The summed E-state index contributed by atoms with van der Waals surface area (Å²) in [5.41, 5.74) is 4.38. The zero-order chi connectivity index (χ0) is 21.2. The molecule has 0 atom stereocenters. The van der Waals surface area contributed by atoms with Gasteiger partial charge >= 0.3 is 0 Å². The minimum Gasteiger partial charge on any atom is -0.338 e. The predicted molar refractivity (Wildman–Crippen MR) is 122 cm³/mol. The summed E-state index contributed by atoms with van der Waals surface area (Å²) in [4.78, 5) is 18.1. The van der Waals surface area contributed by atoms with Gasteiger partial charge in [0.2, 0.25) is 5.95 Å². The Morgan fingerprint density at radius 3 is 2.32 bits per heavy atom. The zero-order valence-corrected chi connectivity index (χ0v) is 17.3. The first-order chi connectivity index (χ1) is 15.2. The first-order valence-corrected chi connectivity index (χ1v) is 10.1. The molecule has 0 bridgehead atoms. The monoisotopic (exact) mass is 410 g/mol. The molecule has 0 saturated heterocycles. The Morgan fingerprint density at radius 1 is 0.839 bits per heavy atom. The van der Waals surface area contributed by atoms with Crippen molar-refractivity contribution in [1.29, 1.82) is 0 Å². The standard InChI is InChI=1S/C23H22N8/c1-16(2)31-15-25-20-21(26-17-6-4-3-5-7-17)28-23(29-22(20)31)27-18-8-10-19(11-9-18)30-13-12-24-14-30/h3-16H,1-2H3,(H2,26,27,28,29). The Labute approximate surface area is 179 Å². The lowest BCUT2D eigenvalue weighted by Crippen LogP contribution is -2.05. The van der Waals surface area contributed by atoms with Gasteiger partial charge in [0.1, 0.15) is 0 Å². The van der Waals surface area contributed by atoms with E-state index >= 15 is 0 Å². The van der Waals surface area contributed by atoms with E-state index in [-0.39, 0.29) is 6.04 Å². The van der Waals surface area contributed by atoms with Crippen molar-refractivity contribution >= 4 is 34.3 Å². The van der Waals surface area contributed by atoms with Crippen LogP contribution in [0.5, 0.6) is 0 Å². The summed E-state index contributed by atoms with van der Waals surface area (Å²) in [5, 5.41) is 6.70. The molecule has 5 aromatic rings. The Bertz CT molecular complexity index is 1290. The Hall–Kier alpha value is -4.20. The Kier molecular flexibility index (Phi) is 4.80. The number of rotatable bonds is 6. The van der Waals surface area contributed by atoms with Crippen LogP contribution in [0.1, 0.15) is 19.9 Å². The van der Waals surface area contributed by atoms with E-state index in [4.69, 9.17) is 9.97 Å². The molecule has 3 heterocycles. The highest BCUT2D eigenvalue weighted by Crippen LogP contribution is 2.27. The average molecular weight is 410 g/mol. The number of anilines is 4. The summed E-state index contributed by atoms with van der Waals surface area (Å²) >= 11 is 0. The fraction of sp³-hybridized carbons (Fsp3) is 0.130. The first kappa shape index (κ1) is 18.8. The molecule has 2 aromatic carbocycles. The van der Waals surface area contributed by atoms with Gasteiger partial charge in [0.05, 0.1) is 12.7 Å². The maximum atomic E-state index is 4.75. The molecule has 0 fully saturated rings. The van der Waals surface area contributed by atoms with Gasteiger partial charge in [-0.3, -0.25) is 0 Å². The van der Waals surface area contributed by atoms with Crippen LogP contribution in [0.25, 0.3) is 16.9 Å². The molecule has 0 aliphatic heterocycles. The summed E-state index contributed by atoms with van der Waals surface area (Å²) in [7, 11) is 0. The van der Waals surface area contributed by atoms with Gasteiger partial charge in [-0.2, -0.15) is 9.97 Å². The maximum Gasteiger partial charge on any atom is 0.231 e. The van der Waals surface area contributed by atoms with Crippen molar-refractivity contribution in [3.63, 3.8) is 0 Å². The summed E-state index contributed by atoms with van der Waals surface area (Å²) in [6, 6.07) is 18.2. The minimum atomic E-state index is 0.229. The van der Waals surface area contributed by atoms with E-state index in [1.807, 2.05) is 76.3 Å². The van der Waals surface area contributed by atoms with E-state index < -0.39 is 0 Å². The smallest absolute Gasteiger partial charge is 0.231 e. The second-order valence-corrected chi connectivity index (χ2v) is 7.45. The van der Waals surface area contributed by atoms with E-state index in [1.165, 1.54) is 0 Å². The molecule has 0 amide bonds. The van der Waals surface area contributed by atoms with Crippen molar-refractivity contribution in [2.75, 3.05) is 10.6 Å². The Balaban J connectivity index is 1.51. The van der Waals surface area contributed by atoms with Gasteiger partial charge in [-0.1, -0.05) is 18.2 Å². The van der Waals surface area contributed by atoms with Crippen molar-refractivity contribution < 1.29 is 0 Å². The van der Waals surface area contributed by atoms with Crippen molar-refractivity contribution in [3.8, 4) is 5.69 Å². The summed E-state index contributed by atoms with van der Waals surface area (Å²) in [6.45, 7) is 4.21. The number of aromatic nitrogens is 6. The minimum absolute atomic E-state index is 0.229. The molecule has 154 valence electrons. The van der Waals surface area contributed by atoms with Gasteiger partial charge in [0, 0.05) is 35.5 Å². The highest BCUT2D eigenvalue weighted by molar-refractivity contribution is 5.87. The fourth-order valence-corrected chi connectivity index (χ4v) is 3.35. The van der Waals surface area contributed by atoms with Crippen molar-refractivity contribution in [3.05, 3.63) is 79.6 Å². The van der Waals surface area contributed by atoms with Crippen molar-refractivity contribution in [2.45, 2.75) is 19.9 Å². The summed E-state index contributed by atoms with van der Waals surface area (Å²) in [5.74, 6) is 1.16. The van der Waals surface area contributed by atoms with Gasteiger partial charge in [0.15, 0.2) is 17.0 Å². The fourth-order valence-electron chi connectivity index (χ4n) is 3.35. The van der Waals surface area contributed by atoms with E-state index in [0.29, 0.717) is 11.8 Å².